The molecule has 0 spiro atoms. The Kier molecular flexibility index (Phi) is 6.55. The highest BCUT2D eigenvalue weighted by Gasteiger charge is 2.19. The number of halogens is 1. The van der Waals surface area contributed by atoms with E-state index in [1.165, 1.54) is 32.1 Å². The van der Waals surface area contributed by atoms with E-state index in [4.69, 9.17) is 9.47 Å². The monoisotopic (exact) mass is 369 g/mol. The second kappa shape index (κ2) is 8.42. The molecule has 1 aliphatic rings. The summed E-state index contributed by atoms with van der Waals surface area (Å²) in [4.78, 5) is 12.6. The van der Waals surface area contributed by atoms with Crippen LogP contribution in [-0.4, -0.2) is 26.2 Å². The van der Waals surface area contributed by atoms with E-state index in [1.54, 1.807) is 26.4 Å². The first-order chi connectivity index (χ1) is 10.7. The number of hydrogen-bond donors (Lipinski definition) is 1. The first kappa shape index (κ1) is 17.1. The van der Waals surface area contributed by atoms with Crippen LogP contribution in [0.1, 0.15) is 55.3 Å². The predicted molar refractivity (Wildman–Crippen MR) is 90.8 cm³/mol. The maximum atomic E-state index is 12.6. The van der Waals surface area contributed by atoms with Crippen LogP contribution in [-0.2, 0) is 0 Å². The van der Waals surface area contributed by atoms with Gasteiger partial charge in [-0.05, 0) is 40.9 Å². The Morgan fingerprint density at radius 1 is 1.05 bits per heavy atom. The molecule has 122 valence electrons. The highest BCUT2D eigenvalue weighted by molar-refractivity contribution is 9.10. The van der Waals surface area contributed by atoms with Gasteiger partial charge in [0.1, 0.15) is 0 Å². The van der Waals surface area contributed by atoms with E-state index in [1.807, 2.05) is 0 Å². The van der Waals surface area contributed by atoms with Crippen LogP contribution in [0.4, 0.5) is 0 Å². The van der Waals surface area contributed by atoms with Gasteiger partial charge >= 0.3 is 0 Å². The molecule has 1 fully saturated rings. The van der Waals surface area contributed by atoms with Gasteiger partial charge in [0.15, 0.2) is 11.5 Å². The molecule has 0 radical (unpaired) electrons. The number of amides is 1. The maximum absolute atomic E-state index is 12.6. The van der Waals surface area contributed by atoms with Gasteiger partial charge in [0, 0.05) is 10.5 Å². The Balaban J connectivity index is 2.11. The molecule has 0 bridgehead atoms. The summed E-state index contributed by atoms with van der Waals surface area (Å²) >= 11 is 3.45. The van der Waals surface area contributed by atoms with Gasteiger partial charge in [-0.1, -0.05) is 32.1 Å². The molecule has 0 aromatic heterocycles. The third-order valence-corrected chi connectivity index (χ3v) is 4.81. The van der Waals surface area contributed by atoms with E-state index < -0.39 is 0 Å². The van der Waals surface area contributed by atoms with Crippen molar-refractivity contribution in [3.63, 3.8) is 0 Å². The third-order valence-electron chi connectivity index (χ3n) is 4.16. The molecule has 5 heteroatoms. The molecule has 4 nitrogen and oxygen atoms in total. The first-order valence-electron chi connectivity index (χ1n) is 7.88. The van der Waals surface area contributed by atoms with Crippen molar-refractivity contribution in [3.8, 4) is 11.5 Å². The smallest absolute Gasteiger partial charge is 0.252 e. The molecule has 2 rings (SSSR count). The summed E-state index contributed by atoms with van der Waals surface area (Å²) in [5.41, 5.74) is 0.583. The van der Waals surface area contributed by atoms with Crippen molar-refractivity contribution >= 4 is 21.8 Å². The lowest BCUT2D eigenvalue weighted by molar-refractivity contribution is 0.0929. The molecular formula is C17H24BrNO3. The fourth-order valence-electron chi connectivity index (χ4n) is 2.89. The largest absolute Gasteiger partial charge is 0.493 e. The first-order valence-corrected chi connectivity index (χ1v) is 8.67. The van der Waals surface area contributed by atoms with Gasteiger partial charge in [-0.2, -0.15) is 0 Å². The van der Waals surface area contributed by atoms with Crippen molar-refractivity contribution in [2.24, 2.45) is 0 Å². The number of benzene rings is 1. The average Bonchev–Trinajstić information content (AvgIpc) is 2.49. The Bertz CT molecular complexity index is 511. The van der Waals surface area contributed by atoms with Gasteiger partial charge in [0.2, 0.25) is 0 Å². The minimum absolute atomic E-state index is 0.0570. The van der Waals surface area contributed by atoms with Crippen molar-refractivity contribution in [1.82, 2.24) is 5.32 Å². The SMILES string of the molecule is COc1cc(Br)c(C(=O)NC2CCCCCCC2)cc1OC. The van der Waals surface area contributed by atoms with E-state index in [0.717, 1.165) is 12.8 Å². The molecule has 1 aliphatic carbocycles. The van der Waals surface area contributed by atoms with E-state index >= 15 is 0 Å². The summed E-state index contributed by atoms with van der Waals surface area (Å²) in [6.45, 7) is 0. The summed E-state index contributed by atoms with van der Waals surface area (Å²) < 4.78 is 11.2. The summed E-state index contributed by atoms with van der Waals surface area (Å²) in [6, 6.07) is 3.76. The average molecular weight is 370 g/mol. The van der Waals surface area contributed by atoms with Gasteiger partial charge < -0.3 is 14.8 Å². The van der Waals surface area contributed by atoms with Crippen molar-refractivity contribution in [1.29, 1.82) is 0 Å². The van der Waals surface area contributed by atoms with Crippen LogP contribution >= 0.6 is 15.9 Å². The Morgan fingerprint density at radius 2 is 1.59 bits per heavy atom. The second-order valence-corrected chi connectivity index (χ2v) is 6.56. The highest BCUT2D eigenvalue weighted by Crippen LogP contribution is 2.33. The Labute approximate surface area is 140 Å². The zero-order chi connectivity index (χ0) is 15.9. The van der Waals surface area contributed by atoms with Crippen molar-refractivity contribution in [2.75, 3.05) is 14.2 Å². The van der Waals surface area contributed by atoms with Gasteiger partial charge in [0.05, 0.1) is 19.8 Å². The number of hydrogen-bond acceptors (Lipinski definition) is 3. The summed E-state index contributed by atoms with van der Waals surface area (Å²) in [7, 11) is 3.15. The van der Waals surface area contributed by atoms with Crippen LogP contribution < -0.4 is 14.8 Å². The third kappa shape index (κ3) is 4.38. The van der Waals surface area contributed by atoms with Crippen molar-refractivity contribution in [2.45, 2.75) is 51.0 Å². The fraction of sp³-hybridized carbons (Fsp3) is 0.588. The van der Waals surface area contributed by atoms with Gasteiger partial charge in [-0.3, -0.25) is 4.79 Å². The van der Waals surface area contributed by atoms with Crippen LogP contribution in [0, 0.1) is 0 Å². The normalized spacial score (nSPS) is 16.5. The Hall–Kier alpha value is -1.23. The minimum atomic E-state index is -0.0570. The molecular weight excluding hydrogens is 346 g/mol. The Morgan fingerprint density at radius 3 is 2.18 bits per heavy atom. The molecule has 1 aromatic carbocycles. The lowest BCUT2D eigenvalue weighted by Gasteiger charge is -2.21. The number of rotatable bonds is 4. The number of carbonyl (C=O) groups is 1. The molecule has 0 saturated heterocycles. The summed E-state index contributed by atoms with van der Waals surface area (Å²) in [6.07, 6.45) is 8.38. The van der Waals surface area contributed by atoms with Crippen LogP contribution in [0.15, 0.2) is 16.6 Å². The van der Waals surface area contributed by atoms with Gasteiger partial charge in [0.25, 0.3) is 5.91 Å². The molecule has 0 unspecified atom stereocenters. The lowest BCUT2D eigenvalue weighted by atomic mass is 9.96. The van der Waals surface area contributed by atoms with E-state index in [0.29, 0.717) is 21.5 Å². The van der Waals surface area contributed by atoms with Crippen LogP contribution in [0.5, 0.6) is 11.5 Å². The highest BCUT2D eigenvalue weighted by atomic mass is 79.9. The molecule has 1 amide bonds. The topological polar surface area (TPSA) is 47.6 Å². The van der Waals surface area contributed by atoms with Crippen LogP contribution in [0.3, 0.4) is 0 Å². The fourth-order valence-corrected chi connectivity index (χ4v) is 3.39. The van der Waals surface area contributed by atoms with Crippen LogP contribution in [0.25, 0.3) is 0 Å². The number of ether oxygens (including phenoxy) is 2. The molecule has 0 atom stereocenters. The second-order valence-electron chi connectivity index (χ2n) is 5.70. The molecule has 1 saturated carbocycles. The van der Waals surface area contributed by atoms with Crippen LogP contribution in [0.2, 0.25) is 0 Å². The quantitative estimate of drug-likeness (QED) is 0.859. The standard InChI is InChI=1S/C17H24BrNO3/c1-21-15-10-13(14(18)11-16(15)22-2)17(20)19-12-8-6-4-3-5-7-9-12/h10-12H,3-9H2,1-2H3,(H,19,20). The van der Waals surface area contributed by atoms with Gasteiger partial charge in [-0.15, -0.1) is 0 Å². The molecule has 22 heavy (non-hydrogen) atoms. The predicted octanol–water partition coefficient (Wildman–Crippen LogP) is 4.31. The summed E-state index contributed by atoms with van der Waals surface area (Å²) in [5.74, 6) is 1.11. The summed E-state index contributed by atoms with van der Waals surface area (Å²) in [5, 5.41) is 3.17. The zero-order valence-corrected chi connectivity index (χ0v) is 14.9. The van der Waals surface area contributed by atoms with Crippen molar-refractivity contribution < 1.29 is 14.3 Å². The van der Waals surface area contributed by atoms with E-state index in [-0.39, 0.29) is 11.9 Å². The maximum Gasteiger partial charge on any atom is 0.252 e. The van der Waals surface area contributed by atoms with Crippen molar-refractivity contribution in [3.05, 3.63) is 22.2 Å². The number of carbonyl (C=O) groups excluding carboxylic acids is 1. The zero-order valence-electron chi connectivity index (χ0n) is 13.3. The lowest BCUT2D eigenvalue weighted by Crippen LogP contribution is -2.35. The molecule has 1 N–H and O–H groups in total. The van der Waals surface area contributed by atoms with E-state index in [2.05, 4.69) is 21.2 Å². The minimum Gasteiger partial charge on any atom is -0.493 e. The van der Waals surface area contributed by atoms with Gasteiger partial charge in [-0.25, -0.2) is 0 Å². The molecule has 1 aromatic rings. The number of methoxy groups -OCH3 is 2. The molecule has 0 aliphatic heterocycles. The van der Waals surface area contributed by atoms with E-state index in [9.17, 15) is 4.79 Å². The molecule has 0 heterocycles. The number of nitrogens with one attached hydrogen (secondary N) is 1.